The van der Waals surface area contributed by atoms with Gasteiger partial charge in [-0.2, -0.15) is 0 Å². The lowest BCUT2D eigenvalue weighted by atomic mass is 10.0. The van der Waals surface area contributed by atoms with Crippen molar-refractivity contribution in [1.82, 2.24) is 0 Å². The monoisotopic (exact) mass is 424 g/mol. The summed E-state index contributed by atoms with van der Waals surface area (Å²) in [6.07, 6.45) is 0. The molecule has 5 heteroatoms. The summed E-state index contributed by atoms with van der Waals surface area (Å²) in [5, 5.41) is 6.18. The smallest absolute Gasteiger partial charge is 0.279 e. The molecule has 0 aliphatic carbocycles. The van der Waals surface area contributed by atoms with Crippen LogP contribution in [-0.4, -0.2) is 42.5 Å². The van der Waals surface area contributed by atoms with Crippen LogP contribution in [0.15, 0.2) is 24.3 Å². The number of anilines is 2. The fourth-order valence-corrected chi connectivity index (χ4v) is 4.45. The van der Waals surface area contributed by atoms with Crippen LogP contribution < -0.4 is 10.6 Å². The molecule has 2 aromatic rings. The van der Waals surface area contributed by atoms with E-state index in [9.17, 15) is 9.59 Å². The van der Waals surface area contributed by atoms with Gasteiger partial charge in [0, 0.05) is 11.4 Å². The molecule has 0 aromatic heterocycles. The number of benzene rings is 2. The van der Waals surface area contributed by atoms with Crippen molar-refractivity contribution < 1.29 is 14.1 Å². The van der Waals surface area contributed by atoms with Crippen LogP contribution in [-0.2, 0) is 9.59 Å². The van der Waals surface area contributed by atoms with E-state index >= 15 is 0 Å². The largest absolute Gasteiger partial charge is 0.321 e. The quantitative estimate of drug-likeness (QED) is 0.588. The highest BCUT2D eigenvalue weighted by atomic mass is 16.2. The highest BCUT2D eigenvalue weighted by Crippen LogP contribution is 2.23. The number of hydrogen-bond acceptors (Lipinski definition) is 2. The molecular weight excluding hydrogens is 386 g/mol. The van der Waals surface area contributed by atoms with E-state index < -0.39 is 0 Å². The van der Waals surface area contributed by atoms with E-state index in [1.54, 1.807) is 0 Å². The second-order valence-electron chi connectivity index (χ2n) is 8.93. The normalized spacial score (nSPS) is 11.4. The van der Waals surface area contributed by atoms with Crippen LogP contribution in [0.3, 0.4) is 0 Å². The van der Waals surface area contributed by atoms with E-state index in [0.717, 1.165) is 33.6 Å². The van der Waals surface area contributed by atoms with Gasteiger partial charge >= 0.3 is 0 Å². The molecule has 0 fully saturated rings. The van der Waals surface area contributed by atoms with Crippen LogP contribution in [0.1, 0.15) is 47.2 Å². The third-order valence-electron chi connectivity index (χ3n) is 6.18. The maximum atomic E-state index is 13.0. The van der Waals surface area contributed by atoms with Gasteiger partial charge in [-0.25, -0.2) is 0 Å². The predicted octanol–water partition coefficient (Wildman–Crippen LogP) is 4.97. The zero-order chi connectivity index (χ0) is 23.3. The Bertz CT molecular complexity index is 853. The number of nitrogens with one attached hydrogen (secondary N) is 2. The molecule has 5 nitrogen and oxygen atoms in total. The minimum atomic E-state index is -0.0609. The molecule has 2 N–H and O–H groups in total. The Morgan fingerprint density at radius 2 is 0.935 bits per heavy atom. The van der Waals surface area contributed by atoms with Crippen molar-refractivity contribution in [3.63, 3.8) is 0 Å². The average molecular weight is 425 g/mol. The van der Waals surface area contributed by atoms with Crippen molar-refractivity contribution >= 4 is 23.2 Å². The number of rotatable bonds is 8. The van der Waals surface area contributed by atoms with Crippen LogP contribution in [0.5, 0.6) is 0 Å². The van der Waals surface area contributed by atoms with Gasteiger partial charge in [-0.1, -0.05) is 35.4 Å². The SMILES string of the molecule is CC[N+](CC)(CC(=O)Nc1c(C)cc(C)cc1C)CC(=O)Nc1c(C)cc(C)cc1C. The zero-order valence-electron chi connectivity index (χ0n) is 20.4. The van der Waals surface area contributed by atoms with E-state index in [4.69, 9.17) is 0 Å². The molecule has 0 saturated carbocycles. The minimum absolute atomic E-state index is 0.0609. The molecule has 2 rings (SSSR count). The number of carbonyl (C=O) groups excluding carboxylic acids is 2. The van der Waals surface area contributed by atoms with Gasteiger partial charge in [0.15, 0.2) is 13.1 Å². The Hall–Kier alpha value is -2.66. The summed E-state index contributed by atoms with van der Waals surface area (Å²) >= 11 is 0. The second kappa shape index (κ2) is 10.1. The highest BCUT2D eigenvalue weighted by Gasteiger charge is 2.30. The number of aryl methyl sites for hydroxylation is 6. The first-order chi connectivity index (χ1) is 14.5. The van der Waals surface area contributed by atoms with Crippen LogP contribution >= 0.6 is 0 Å². The number of amides is 2. The molecule has 0 aliphatic rings. The molecular formula is C26H38N3O2+. The number of nitrogens with zero attached hydrogens (tertiary/aromatic N) is 1. The van der Waals surface area contributed by atoms with Crippen LogP contribution in [0.2, 0.25) is 0 Å². The van der Waals surface area contributed by atoms with Crippen molar-refractivity contribution in [1.29, 1.82) is 0 Å². The third kappa shape index (κ3) is 6.17. The number of likely N-dealkylation sites (N-methyl/N-ethyl adjacent to an activating group) is 1. The van der Waals surface area contributed by atoms with Gasteiger partial charge in [-0.15, -0.1) is 0 Å². The molecule has 0 radical (unpaired) electrons. The summed E-state index contributed by atoms with van der Waals surface area (Å²) in [6.45, 7) is 18.2. The predicted molar refractivity (Wildman–Crippen MR) is 130 cm³/mol. The van der Waals surface area contributed by atoms with Crippen molar-refractivity contribution in [3.05, 3.63) is 57.6 Å². The van der Waals surface area contributed by atoms with Crippen molar-refractivity contribution in [2.75, 3.05) is 36.8 Å². The molecule has 0 aliphatic heterocycles. The van der Waals surface area contributed by atoms with Gasteiger partial charge < -0.3 is 15.1 Å². The first-order valence-corrected chi connectivity index (χ1v) is 11.1. The first kappa shape index (κ1) is 24.6. The van der Waals surface area contributed by atoms with Gasteiger partial charge in [0.1, 0.15) is 0 Å². The summed E-state index contributed by atoms with van der Waals surface area (Å²) in [6, 6.07) is 8.29. The Kier molecular flexibility index (Phi) is 8.02. The summed E-state index contributed by atoms with van der Waals surface area (Å²) < 4.78 is 0.408. The van der Waals surface area contributed by atoms with Gasteiger partial charge in [-0.3, -0.25) is 9.59 Å². The van der Waals surface area contributed by atoms with Crippen molar-refractivity contribution in [3.8, 4) is 0 Å². The zero-order valence-corrected chi connectivity index (χ0v) is 20.4. The average Bonchev–Trinajstić information content (AvgIpc) is 2.67. The van der Waals surface area contributed by atoms with Crippen LogP contribution in [0, 0.1) is 41.5 Å². The molecule has 0 atom stereocenters. The lowest BCUT2D eigenvalue weighted by Gasteiger charge is -2.35. The lowest BCUT2D eigenvalue weighted by Crippen LogP contribution is -2.55. The van der Waals surface area contributed by atoms with E-state index in [0.29, 0.717) is 17.6 Å². The molecule has 31 heavy (non-hydrogen) atoms. The van der Waals surface area contributed by atoms with Crippen LogP contribution in [0.25, 0.3) is 0 Å². The second-order valence-corrected chi connectivity index (χ2v) is 8.93. The molecule has 0 saturated heterocycles. The molecule has 0 spiro atoms. The Balaban J connectivity index is 2.15. The first-order valence-electron chi connectivity index (χ1n) is 11.1. The fraction of sp³-hybridized carbons (Fsp3) is 0.462. The summed E-state index contributed by atoms with van der Waals surface area (Å²) in [5.41, 5.74) is 8.32. The Morgan fingerprint density at radius 3 is 1.19 bits per heavy atom. The standard InChI is InChI=1S/C26H37N3O2/c1-9-29(10-2,15-23(30)27-25-19(5)11-17(3)12-20(25)6)16-24(31)28-26-21(7)13-18(4)14-22(26)8/h11-14H,9-10,15-16H2,1-8H3,(H-,27,28,30,31)/p+1. The molecule has 2 aromatic carbocycles. The highest BCUT2D eigenvalue weighted by molar-refractivity contribution is 5.95. The minimum Gasteiger partial charge on any atom is -0.321 e. The molecule has 0 heterocycles. The lowest BCUT2D eigenvalue weighted by molar-refractivity contribution is -0.909. The third-order valence-corrected chi connectivity index (χ3v) is 6.18. The maximum Gasteiger partial charge on any atom is 0.279 e. The number of quaternary nitrogens is 1. The summed E-state index contributed by atoms with van der Waals surface area (Å²) in [7, 11) is 0. The Labute approximate surface area is 187 Å². The van der Waals surface area contributed by atoms with E-state index in [2.05, 4.69) is 48.7 Å². The molecule has 2 amide bonds. The summed E-state index contributed by atoms with van der Waals surface area (Å²) in [4.78, 5) is 25.9. The van der Waals surface area contributed by atoms with Crippen molar-refractivity contribution in [2.24, 2.45) is 0 Å². The van der Waals surface area contributed by atoms with E-state index in [-0.39, 0.29) is 24.9 Å². The van der Waals surface area contributed by atoms with Gasteiger partial charge in [0.25, 0.3) is 11.8 Å². The fourth-order valence-electron chi connectivity index (χ4n) is 4.45. The molecule has 0 unspecified atom stereocenters. The topological polar surface area (TPSA) is 58.2 Å². The van der Waals surface area contributed by atoms with Gasteiger partial charge in [0.2, 0.25) is 0 Å². The van der Waals surface area contributed by atoms with Crippen LogP contribution in [0.4, 0.5) is 11.4 Å². The van der Waals surface area contributed by atoms with E-state index in [1.807, 2.05) is 41.5 Å². The molecule has 168 valence electrons. The Morgan fingerprint density at radius 1 is 0.645 bits per heavy atom. The number of carbonyl (C=O) groups is 2. The maximum absolute atomic E-state index is 13.0. The van der Waals surface area contributed by atoms with Gasteiger partial charge in [-0.05, 0) is 77.6 Å². The number of hydrogen-bond donors (Lipinski definition) is 2. The summed E-state index contributed by atoms with van der Waals surface area (Å²) in [5.74, 6) is -0.122. The van der Waals surface area contributed by atoms with E-state index in [1.165, 1.54) is 11.1 Å². The van der Waals surface area contributed by atoms with Gasteiger partial charge in [0.05, 0.1) is 13.1 Å². The van der Waals surface area contributed by atoms with Crippen molar-refractivity contribution in [2.45, 2.75) is 55.4 Å². The molecule has 0 bridgehead atoms.